The summed E-state index contributed by atoms with van der Waals surface area (Å²) in [6, 6.07) is 9.00. The van der Waals surface area contributed by atoms with E-state index in [1.165, 1.54) is 23.5 Å². The quantitative estimate of drug-likeness (QED) is 0.692. The molecule has 0 aliphatic rings. The largest absolute Gasteiger partial charge is 0.322 e. The van der Waals surface area contributed by atoms with Crippen LogP contribution in [-0.2, 0) is 4.79 Å². The summed E-state index contributed by atoms with van der Waals surface area (Å²) in [4.78, 5) is 28.0. The third kappa shape index (κ3) is 3.94. The number of hydrogen-bond acceptors (Lipinski definition) is 4. The number of fused-ring (bicyclic) bond motifs is 1. The summed E-state index contributed by atoms with van der Waals surface area (Å²) >= 11 is 7.02. The van der Waals surface area contributed by atoms with E-state index >= 15 is 0 Å². The molecule has 0 bridgehead atoms. The van der Waals surface area contributed by atoms with Crippen molar-refractivity contribution in [2.24, 2.45) is 0 Å². The Labute approximate surface area is 151 Å². The molecule has 0 atom stereocenters. The van der Waals surface area contributed by atoms with E-state index in [1.54, 1.807) is 25.1 Å². The number of nitrogens with one attached hydrogen (secondary N) is 2. The maximum absolute atomic E-state index is 13.2. The van der Waals surface area contributed by atoms with Crippen molar-refractivity contribution in [3.8, 4) is 0 Å². The SMILES string of the molecule is CCC(=O)Nc1nc2ccc(NC(=O)c3ccc(F)c(Cl)c3)cc2s1. The van der Waals surface area contributed by atoms with Crippen LogP contribution in [0.4, 0.5) is 15.2 Å². The van der Waals surface area contributed by atoms with Gasteiger partial charge in [0.15, 0.2) is 5.13 Å². The van der Waals surface area contributed by atoms with Crippen LogP contribution < -0.4 is 10.6 Å². The molecule has 3 aromatic rings. The lowest BCUT2D eigenvalue weighted by Gasteiger charge is -2.06. The number of aromatic nitrogens is 1. The number of carbonyl (C=O) groups excluding carboxylic acids is 2. The second-order valence-electron chi connectivity index (χ2n) is 5.19. The Hall–Kier alpha value is -2.51. The fourth-order valence-corrected chi connectivity index (χ4v) is 3.21. The minimum atomic E-state index is -0.578. The van der Waals surface area contributed by atoms with Crippen LogP contribution in [0, 0.1) is 5.82 Å². The van der Waals surface area contributed by atoms with E-state index in [0.717, 1.165) is 16.3 Å². The van der Waals surface area contributed by atoms with Crippen molar-refractivity contribution in [1.29, 1.82) is 0 Å². The molecule has 0 unspecified atom stereocenters. The maximum atomic E-state index is 13.2. The van der Waals surface area contributed by atoms with Gasteiger partial charge in [0.25, 0.3) is 5.91 Å². The summed E-state index contributed by atoms with van der Waals surface area (Å²) in [7, 11) is 0. The first kappa shape index (κ1) is 17.3. The molecule has 0 saturated heterocycles. The summed E-state index contributed by atoms with van der Waals surface area (Å²) in [6.45, 7) is 1.76. The molecule has 1 heterocycles. The molecule has 0 radical (unpaired) electrons. The summed E-state index contributed by atoms with van der Waals surface area (Å²) in [5.74, 6) is -1.09. The minimum absolute atomic E-state index is 0.109. The van der Waals surface area contributed by atoms with Crippen LogP contribution in [0.3, 0.4) is 0 Å². The summed E-state index contributed by atoms with van der Waals surface area (Å²) in [6.07, 6.45) is 0.372. The zero-order valence-electron chi connectivity index (χ0n) is 13.1. The Morgan fingerprint density at radius 3 is 2.72 bits per heavy atom. The number of carbonyl (C=O) groups is 2. The van der Waals surface area contributed by atoms with Crippen molar-refractivity contribution in [2.45, 2.75) is 13.3 Å². The van der Waals surface area contributed by atoms with Crippen LogP contribution in [0.15, 0.2) is 36.4 Å². The number of nitrogens with zero attached hydrogens (tertiary/aromatic N) is 1. The molecule has 2 N–H and O–H groups in total. The van der Waals surface area contributed by atoms with Gasteiger partial charge in [0.1, 0.15) is 5.82 Å². The zero-order valence-corrected chi connectivity index (χ0v) is 14.7. The van der Waals surface area contributed by atoms with Crippen molar-refractivity contribution in [3.05, 3.63) is 52.8 Å². The van der Waals surface area contributed by atoms with Gasteiger partial charge in [-0.05, 0) is 36.4 Å². The van der Waals surface area contributed by atoms with Crippen LogP contribution in [-0.4, -0.2) is 16.8 Å². The molecule has 2 amide bonds. The van der Waals surface area contributed by atoms with Crippen LogP contribution in [0.5, 0.6) is 0 Å². The van der Waals surface area contributed by atoms with Crippen LogP contribution in [0.2, 0.25) is 5.02 Å². The third-order valence-electron chi connectivity index (χ3n) is 3.40. The molecule has 0 spiro atoms. The first-order valence-corrected chi connectivity index (χ1v) is 8.62. The van der Waals surface area contributed by atoms with Gasteiger partial charge in [-0.25, -0.2) is 9.37 Å². The number of thiazole rings is 1. The van der Waals surface area contributed by atoms with Gasteiger partial charge in [-0.3, -0.25) is 9.59 Å². The molecule has 3 rings (SSSR count). The van der Waals surface area contributed by atoms with E-state index in [1.807, 2.05) is 0 Å². The number of anilines is 2. The molecule has 0 fully saturated rings. The fraction of sp³-hybridized carbons (Fsp3) is 0.118. The minimum Gasteiger partial charge on any atom is -0.322 e. The molecule has 0 saturated carbocycles. The number of benzene rings is 2. The van der Waals surface area contributed by atoms with E-state index in [2.05, 4.69) is 15.6 Å². The Morgan fingerprint density at radius 2 is 2.00 bits per heavy atom. The highest BCUT2D eigenvalue weighted by Gasteiger charge is 2.11. The van der Waals surface area contributed by atoms with E-state index < -0.39 is 11.7 Å². The monoisotopic (exact) mass is 377 g/mol. The lowest BCUT2D eigenvalue weighted by Crippen LogP contribution is -2.11. The van der Waals surface area contributed by atoms with Gasteiger partial charge in [0.05, 0.1) is 15.2 Å². The normalized spacial score (nSPS) is 10.7. The molecule has 2 aromatic carbocycles. The highest BCUT2D eigenvalue weighted by atomic mass is 35.5. The number of hydrogen-bond donors (Lipinski definition) is 2. The zero-order chi connectivity index (χ0) is 18.0. The van der Waals surface area contributed by atoms with Gasteiger partial charge < -0.3 is 10.6 Å². The van der Waals surface area contributed by atoms with Crippen molar-refractivity contribution in [1.82, 2.24) is 4.98 Å². The van der Waals surface area contributed by atoms with Crippen LogP contribution in [0.25, 0.3) is 10.2 Å². The van der Waals surface area contributed by atoms with Gasteiger partial charge in [-0.1, -0.05) is 29.9 Å². The number of amides is 2. The van der Waals surface area contributed by atoms with Crippen molar-refractivity contribution < 1.29 is 14.0 Å². The maximum Gasteiger partial charge on any atom is 0.255 e. The number of halogens is 2. The van der Waals surface area contributed by atoms with Gasteiger partial charge in [0.2, 0.25) is 5.91 Å². The summed E-state index contributed by atoms with van der Waals surface area (Å²) in [5, 5.41) is 5.84. The first-order chi connectivity index (χ1) is 12.0. The van der Waals surface area contributed by atoms with Crippen LogP contribution in [0.1, 0.15) is 23.7 Å². The molecule has 5 nitrogen and oxygen atoms in total. The molecule has 0 aliphatic heterocycles. The number of rotatable bonds is 4. The van der Waals surface area contributed by atoms with Crippen LogP contribution >= 0.6 is 22.9 Å². The molecule has 128 valence electrons. The average molecular weight is 378 g/mol. The summed E-state index contributed by atoms with van der Waals surface area (Å²) in [5.41, 5.74) is 1.54. The molecule has 0 aliphatic carbocycles. The topological polar surface area (TPSA) is 71.1 Å². The van der Waals surface area contributed by atoms with Gasteiger partial charge in [-0.2, -0.15) is 0 Å². The molecular weight excluding hydrogens is 365 g/mol. The van der Waals surface area contributed by atoms with Gasteiger partial charge in [-0.15, -0.1) is 0 Å². The average Bonchev–Trinajstić information content (AvgIpc) is 2.98. The Bertz CT molecular complexity index is 974. The van der Waals surface area contributed by atoms with E-state index in [4.69, 9.17) is 11.6 Å². The Kier molecular flexibility index (Phi) is 4.96. The Balaban J connectivity index is 1.80. The molecule has 25 heavy (non-hydrogen) atoms. The molecule has 8 heteroatoms. The van der Waals surface area contributed by atoms with E-state index in [9.17, 15) is 14.0 Å². The highest BCUT2D eigenvalue weighted by Crippen LogP contribution is 2.28. The fourth-order valence-electron chi connectivity index (χ4n) is 2.10. The lowest BCUT2D eigenvalue weighted by molar-refractivity contribution is -0.115. The third-order valence-corrected chi connectivity index (χ3v) is 4.62. The first-order valence-electron chi connectivity index (χ1n) is 7.43. The second-order valence-corrected chi connectivity index (χ2v) is 6.62. The Morgan fingerprint density at radius 1 is 1.20 bits per heavy atom. The highest BCUT2D eigenvalue weighted by molar-refractivity contribution is 7.22. The lowest BCUT2D eigenvalue weighted by atomic mass is 10.2. The smallest absolute Gasteiger partial charge is 0.255 e. The van der Waals surface area contributed by atoms with Crippen molar-refractivity contribution >= 4 is 55.8 Å². The van der Waals surface area contributed by atoms with Gasteiger partial charge >= 0.3 is 0 Å². The van der Waals surface area contributed by atoms with E-state index in [-0.39, 0.29) is 16.5 Å². The van der Waals surface area contributed by atoms with Crippen molar-refractivity contribution in [3.63, 3.8) is 0 Å². The van der Waals surface area contributed by atoms with Crippen molar-refractivity contribution in [2.75, 3.05) is 10.6 Å². The second kappa shape index (κ2) is 7.16. The van der Waals surface area contributed by atoms with Gasteiger partial charge in [0, 0.05) is 17.7 Å². The molecular formula is C17H13ClFN3O2S. The molecule has 1 aromatic heterocycles. The summed E-state index contributed by atoms with van der Waals surface area (Å²) < 4.78 is 14.0. The van der Waals surface area contributed by atoms with E-state index in [0.29, 0.717) is 17.2 Å². The standard InChI is InChI=1S/C17H13ClFN3O2S/c1-2-15(23)22-17-21-13-6-4-10(8-14(13)25-17)20-16(24)9-3-5-12(19)11(18)7-9/h3-8H,2H2,1H3,(H,20,24)(H,21,22,23). The predicted octanol–water partition coefficient (Wildman–Crippen LogP) is 4.69. The predicted molar refractivity (Wildman–Crippen MR) is 97.9 cm³/mol.